The number of fused-ring (bicyclic) bond motifs is 9. The van der Waals surface area contributed by atoms with Gasteiger partial charge in [-0.2, -0.15) is 105 Å². The van der Waals surface area contributed by atoms with Crippen LogP contribution in [0.3, 0.4) is 0 Å². The number of rotatable bonds is 0. The molecule has 0 aliphatic heterocycles. The first-order valence-corrected chi connectivity index (χ1v) is 31.6. The number of hydrogen-bond acceptors (Lipinski definition) is 23. The average Bonchev–Trinajstić information content (AvgIpc) is 1.33. The summed E-state index contributed by atoms with van der Waals surface area (Å²) < 4.78 is 17.3. The molecule has 3 aromatic heterocycles. The van der Waals surface area contributed by atoms with Crippen molar-refractivity contribution in [3.05, 3.63) is 278 Å². The monoisotopic (exact) mass is 1410 g/mol. The Morgan fingerprint density at radius 3 is 0.964 bits per heavy atom. The summed E-state index contributed by atoms with van der Waals surface area (Å²) in [5.41, 5.74) is 12.5. The Balaban J connectivity index is 0.000000178. The van der Waals surface area contributed by atoms with E-state index in [4.69, 9.17) is 118 Å². The molecule has 110 heavy (non-hydrogen) atoms. The molecule has 0 atom stereocenters. The van der Waals surface area contributed by atoms with Gasteiger partial charge >= 0.3 is 0 Å². The molecule has 508 valence electrons. The molecule has 10 aromatic carbocycles. The Morgan fingerprint density at radius 2 is 0.518 bits per heavy atom. The van der Waals surface area contributed by atoms with E-state index in [1.165, 1.54) is 25.1 Å². The van der Waals surface area contributed by atoms with Crippen molar-refractivity contribution in [1.82, 2.24) is 0 Å². The fourth-order valence-electron chi connectivity index (χ4n) is 11.4. The fourth-order valence-corrected chi connectivity index (χ4v) is 11.4. The minimum Gasteiger partial charge on any atom is -0.456 e. The molecule has 0 bridgehead atoms. The summed E-state index contributed by atoms with van der Waals surface area (Å²) in [6.45, 7) is 12.3. The van der Waals surface area contributed by atoms with Crippen LogP contribution in [0, 0.1) is 275 Å². The van der Waals surface area contributed by atoms with Crippen molar-refractivity contribution in [2.45, 2.75) is 48.5 Å². The second kappa shape index (κ2) is 35.6. The van der Waals surface area contributed by atoms with Crippen LogP contribution >= 0.6 is 0 Å². The lowest BCUT2D eigenvalue weighted by molar-refractivity contribution is 0.664. The normalized spacial score (nSPS) is 9.23. The molecule has 23 heteroatoms. The average molecular weight is 1420 g/mol. The van der Waals surface area contributed by atoms with Crippen LogP contribution in [-0.2, 0) is 0 Å². The van der Waals surface area contributed by atoms with Crippen LogP contribution in [0.25, 0.3) is 65.8 Å². The zero-order chi connectivity index (χ0) is 80.6. The van der Waals surface area contributed by atoms with Crippen LogP contribution in [0.1, 0.15) is 150 Å². The quantitative estimate of drug-likeness (QED) is 0.136. The molecule has 0 saturated heterocycles. The van der Waals surface area contributed by atoms with Gasteiger partial charge in [0.15, 0.2) is 5.58 Å². The molecule has 0 unspecified atom stereocenters. The third-order valence-corrected chi connectivity index (χ3v) is 16.9. The molecular weight excluding hydrogens is 1370 g/mol. The molecule has 13 aromatic rings. The lowest BCUT2D eigenvalue weighted by Crippen LogP contribution is -2.02. The molecule has 0 N–H and O–H groups in total. The maximum Gasteiger partial charge on any atom is 0.153 e. The van der Waals surface area contributed by atoms with Gasteiger partial charge in [-0.3, -0.25) is 0 Å². The highest BCUT2D eigenvalue weighted by Gasteiger charge is 2.23. The van der Waals surface area contributed by atoms with Crippen molar-refractivity contribution < 1.29 is 13.3 Å². The van der Waals surface area contributed by atoms with E-state index in [2.05, 4.69) is 18.2 Å². The molecule has 0 saturated carbocycles. The van der Waals surface area contributed by atoms with E-state index < -0.39 is 0 Å². The van der Waals surface area contributed by atoms with Crippen molar-refractivity contribution in [2.24, 2.45) is 0 Å². The van der Waals surface area contributed by atoms with Gasteiger partial charge in [-0.05, 0) is 148 Å². The highest BCUT2D eigenvalue weighted by Crippen LogP contribution is 2.35. The molecule has 0 aliphatic rings. The summed E-state index contributed by atoms with van der Waals surface area (Å²) in [5.74, 6) is 0. The van der Waals surface area contributed by atoms with Gasteiger partial charge in [0.05, 0.1) is 129 Å². The standard InChI is InChI=1S/3C14H9NO.C12H3N5.3C11H4N4/c1-9-4-2-6-11-12-7-3-5-10(8-15)14(12)16-13(9)11;1-9-3-2-4-12-11-6-5-10(8-15)7-13(11)16-14(9)12;1-9-3-2-4-11-12-7-10(8-15)5-6-13(12)16-14(9)11;1-7-8(2-13)10(4-15)12(6-17)11(5-16)9(7)3-14;1-7-10(5-14)8(3-12)2-9(4-13)11(7)6-15;1-7-8(3-12)2-9(4-13)11(6-15)10(7)5-14;1-7-2-8(3-12)10(5-14)11(6-15)9(7)4-13/h3*2-7H,1H3;1H3;3*2H,1H3. The predicted molar refractivity (Wildman–Crippen MR) is 394 cm³/mol. The molecule has 0 spiro atoms. The first-order chi connectivity index (χ1) is 53.1. The number of aryl methyl sites for hydroxylation is 4. The summed E-state index contributed by atoms with van der Waals surface area (Å²) in [6.07, 6.45) is 0. The third-order valence-electron chi connectivity index (χ3n) is 16.9. The third kappa shape index (κ3) is 15.6. The number of nitriles is 20. The first kappa shape index (κ1) is 78.7. The maximum atomic E-state index is 9.02. The second-order valence-corrected chi connectivity index (χ2v) is 23.1. The molecular formula is C87H42N20O3. The Bertz CT molecular complexity index is 6880. The van der Waals surface area contributed by atoms with E-state index in [-0.39, 0.29) is 100 Å². The number of hydrogen-bond donors (Lipinski definition) is 0. The zero-order valence-electron chi connectivity index (χ0n) is 58.8. The van der Waals surface area contributed by atoms with Crippen molar-refractivity contribution in [1.29, 1.82) is 105 Å². The Hall–Kier alpha value is -18.6. The summed E-state index contributed by atoms with van der Waals surface area (Å²) in [4.78, 5) is 0. The molecule has 0 amide bonds. The first-order valence-electron chi connectivity index (χ1n) is 31.6. The highest BCUT2D eigenvalue weighted by atomic mass is 16.3. The molecule has 3 heterocycles. The minimum atomic E-state index is -0.214. The van der Waals surface area contributed by atoms with Crippen LogP contribution in [0.4, 0.5) is 0 Å². The molecule has 23 nitrogen and oxygen atoms in total. The summed E-state index contributed by atoms with van der Waals surface area (Å²) in [5, 5.41) is 183. The fraction of sp³-hybridized carbons (Fsp3) is 0.0805. The lowest BCUT2D eigenvalue weighted by Gasteiger charge is -2.07. The summed E-state index contributed by atoms with van der Waals surface area (Å²) in [6, 6.07) is 76.0. The second-order valence-electron chi connectivity index (χ2n) is 23.1. The van der Waals surface area contributed by atoms with Crippen molar-refractivity contribution >= 4 is 65.8 Å². The van der Waals surface area contributed by atoms with E-state index in [1.54, 1.807) is 93.6 Å². The Labute approximate surface area is 628 Å². The van der Waals surface area contributed by atoms with Gasteiger partial charge in [0.25, 0.3) is 0 Å². The smallest absolute Gasteiger partial charge is 0.153 e. The van der Waals surface area contributed by atoms with Crippen LogP contribution < -0.4 is 0 Å². The van der Waals surface area contributed by atoms with Crippen LogP contribution in [0.2, 0.25) is 0 Å². The van der Waals surface area contributed by atoms with Crippen molar-refractivity contribution in [3.8, 4) is 121 Å². The van der Waals surface area contributed by atoms with Gasteiger partial charge in [-0.1, -0.05) is 66.7 Å². The summed E-state index contributed by atoms with van der Waals surface area (Å²) >= 11 is 0. The molecule has 0 fully saturated rings. The van der Waals surface area contributed by atoms with E-state index in [1.807, 2.05) is 160 Å². The van der Waals surface area contributed by atoms with E-state index in [0.29, 0.717) is 39.0 Å². The van der Waals surface area contributed by atoms with Gasteiger partial charge in [-0.25, -0.2) is 0 Å². The van der Waals surface area contributed by atoms with E-state index >= 15 is 0 Å². The van der Waals surface area contributed by atoms with Crippen LogP contribution in [0.5, 0.6) is 0 Å². The minimum absolute atomic E-state index is 0.0171. The number of benzene rings is 10. The van der Waals surface area contributed by atoms with Crippen molar-refractivity contribution in [2.75, 3.05) is 0 Å². The molecule has 0 radical (unpaired) electrons. The van der Waals surface area contributed by atoms with Crippen molar-refractivity contribution in [3.63, 3.8) is 0 Å². The predicted octanol–water partition coefficient (Wildman–Crippen LogP) is 17.1. The topological polar surface area (TPSA) is 515 Å². The van der Waals surface area contributed by atoms with Gasteiger partial charge in [0, 0.05) is 32.3 Å². The number of furan rings is 3. The Morgan fingerprint density at radius 1 is 0.191 bits per heavy atom. The largest absolute Gasteiger partial charge is 0.456 e. The van der Waals surface area contributed by atoms with Crippen LogP contribution in [0.15, 0.2) is 141 Å². The van der Waals surface area contributed by atoms with E-state index in [9.17, 15) is 0 Å². The maximum absolute atomic E-state index is 9.02. The van der Waals surface area contributed by atoms with Crippen LogP contribution in [-0.4, -0.2) is 0 Å². The van der Waals surface area contributed by atoms with Gasteiger partial charge in [0.1, 0.15) is 131 Å². The van der Waals surface area contributed by atoms with E-state index in [0.717, 1.165) is 76.9 Å². The Kier molecular flexibility index (Phi) is 25.5. The van der Waals surface area contributed by atoms with Gasteiger partial charge in [0.2, 0.25) is 0 Å². The number of para-hydroxylation sites is 4. The highest BCUT2D eigenvalue weighted by molar-refractivity contribution is 6.08. The lowest BCUT2D eigenvalue weighted by atomic mass is 9.89. The SMILES string of the molecule is Cc1c(C#N)c(C#N)c(C#N)c(C#N)c1C#N.Cc1c(C#N)c(C#N)cc(C#N)c1C#N.Cc1c(C#N)cc(C#N)c(C#N)c1C#N.Cc1cc(C#N)c(C#N)c(C#N)c1C#N.Cc1cccc2c1oc1c(C#N)cccc12.Cc1cccc2c1oc1cc(C#N)ccc12.Cc1cccc2c1oc1ccc(C#N)cc12. The zero-order valence-corrected chi connectivity index (χ0v) is 58.8. The number of nitrogens with zero attached hydrogens (tertiary/aromatic N) is 20. The van der Waals surface area contributed by atoms with Gasteiger partial charge in [-0.15, -0.1) is 0 Å². The summed E-state index contributed by atoms with van der Waals surface area (Å²) in [7, 11) is 0. The molecule has 0 aliphatic carbocycles. The molecule has 13 rings (SSSR count). The van der Waals surface area contributed by atoms with Gasteiger partial charge < -0.3 is 13.3 Å².